The molecule has 0 saturated carbocycles. The molecule has 2 aliphatic rings. The molecular formula is C36H37N5O8. The number of benzene rings is 2. The Hall–Kier alpha value is -5.95. The number of phenols is 1. The fraction of sp³-hybridized carbons (Fsp3) is 0.361. The van der Waals surface area contributed by atoms with Gasteiger partial charge in [-0.1, -0.05) is 30.3 Å². The second kappa shape index (κ2) is 17.3. The first-order valence-corrected chi connectivity index (χ1v) is 15.8. The number of rotatable bonds is 9. The number of carbonyl (C=O) groups excluding carboxylic acids is 4. The number of amides is 5. The minimum atomic E-state index is -1.29. The van der Waals surface area contributed by atoms with Gasteiger partial charge < -0.3 is 30.1 Å². The molecule has 2 aliphatic heterocycles. The van der Waals surface area contributed by atoms with Gasteiger partial charge in [-0.2, -0.15) is 9.98 Å². The number of fused-ring (bicyclic) bond motifs is 1. The van der Waals surface area contributed by atoms with E-state index in [0.29, 0.717) is 49.2 Å². The van der Waals surface area contributed by atoms with Crippen LogP contribution in [0.15, 0.2) is 70.0 Å². The van der Waals surface area contributed by atoms with Crippen molar-refractivity contribution in [3.8, 4) is 5.75 Å². The number of aliphatic carboxylic acids is 1. The number of nitrogens with zero attached hydrogens (tertiary/aromatic N) is 4. The van der Waals surface area contributed by atoms with Gasteiger partial charge in [-0.15, -0.1) is 0 Å². The smallest absolute Gasteiger partial charge is 0.410 e. The highest BCUT2D eigenvalue weighted by atomic mass is 16.6. The average Bonchev–Trinajstić information content (AvgIpc) is 3.25. The predicted octanol–water partition coefficient (Wildman–Crippen LogP) is 4.29. The molecule has 2 heterocycles. The largest absolute Gasteiger partial charge is 0.507 e. The number of urea groups is 1. The number of aromatic hydroxyl groups is 1. The SMILES string of the molecule is Cc1cc(C[C@@H](OC(=O)N2CCC(N3CCc4ccccc4NC3=O)CC2)C(=O)N=C=C=CC=C=C=NC(=O)CCC(=O)O)cc(C)c1O. The highest BCUT2D eigenvalue weighted by Crippen LogP contribution is 2.26. The molecule has 4 rings (SSSR count). The number of likely N-dealkylation sites (tertiary alicyclic amines) is 1. The van der Waals surface area contributed by atoms with E-state index in [4.69, 9.17) is 9.84 Å². The first-order chi connectivity index (χ1) is 23.5. The standard InChI is InChI=1S/C36H37N5O8/c1-24-21-26(22-25(2)33(24)45)23-30(34(46)38-17-8-4-3-7-16-37-31(42)11-12-32(43)44)49-36(48)40-18-14-28(15-19-40)41-20-13-27-9-5-6-10-29(27)39-35(41)47/h3-6,9-10,21-22,28,30,45H,11-15,18-20,23H2,1-2H3,(H,39,47)(H,43,44)/t30-/m1/s1. The molecule has 13 heteroatoms. The van der Waals surface area contributed by atoms with Crippen molar-refractivity contribution in [2.24, 2.45) is 9.98 Å². The lowest BCUT2D eigenvalue weighted by molar-refractivity contribution is -0.138. The second-order valence-electron chi connectivity index (χ2n) is 11.6. The molecule has 0 aliphatic carbocycles. The van der Waals surface area contributed by atoms with Crippen LogP contribution in [0, 0.1) is 13.8 Å². The molecule has 1 atom stereocenters. The van der Waals surface area contributed by atoms with E-state index in [0.717, 1.165) is 17.7 Å². The lowest BCUT2D eigenvalue weighted by Gasteiger charge is -2.37. The van der Waals surface area contributed by atoms with Gasteiger partial charge in [-0.05, 0) is 85.0 Å². The van der Waals surface area contributed by atoms with Gasteiger partial charge in [0, 0.05) is 55.9 Å². The molecule has 5 amide bonds. The number of ether oxygens (including phenoxy) is 1. The van der Waals surface area contributed by atoms with Gasteiger partial charge in [0.15, 0.2) is 6.10 Å². The van der Waals surface area contributed by atoms with Gasteiger partial charge >= 0.3 is 18.1 Å². The Labute approximate surface area is 283 Å². The van der Waals surface area contributed by atoms with Crippen LogP contribution in [0.25, 0.3) is 0 Å². The number of nitrogens with one attached hydrogen (secondary N) is 1. The molecule has 2 aromatic rings. The van der Waals surface area contributed by atoms with Crippen molar-refractivity contribution >= 4 is 47.3 Å². The van der Waals surface area contributed by atoms with E-state index in [1.807, 2.05) is 29.2 Å². The van der Waals surface area contributed by atoms with Crippen molar-refractivity contribution < 1.29 is 38.9 Å². The van der Waals surface area contributed by atoms with Crippen LogP contribution in [0.3, 0.4) is 0 Å². The molecule has 254 valence electrons. The molecule has 0 spiro atoms. The van der Waals surface area contributed by atoms with Crippen molar-refractivity contribution in [3.63, 3.8) is 0 Å². The summed E-state index contributed by atoms with van der Waals surface area (Å²) >= 11 is 0. The van der Waals surface area contributed by atoms with Gasteiger partial charge in [0.1, 0.15) is 5.75 Å². The Balaban J connectivity index is 1.41. The molecule has 49 heavy (non-hydrogen) atoms. The van der Waals surface area contributed by atoms with E-state index in [1.165, 1.54) is 17.1 Å². The number of carboxylic acids is 1. The molecule has 3 N–H and O–H groups in total. The maximum absolute atomic E-state index is 13.3. The van der Waals surface area contributed by atoms with Crippen molar-refractivity contribution in [3.05, 3.63) is 82.3 Å². The fourth-order valence-electron chi connectivity index (χ4n) is 5.53. The van der Waals surface area contributed by atoms with E-state index in [9.17, 15) is 29.1 Å². The monoisotopic (exact) mass is 667 g/mol. The number of allylic oxidation sites excluding steroid dienone is 2. The maximum atomic E-state index is 13.3. The molecule has 2 aromatic carbocycles. The number of carbonyl (C=O) groups is 5. The summed E-state index contributed by atoms with van der Waals surface area (Å²) in [5.74, 6) is 2.16. The second-order valence-corrected chi connectivity index (χ2v) is 11.6. The number of piperidine rings is 1. The third kappa shape index (κ3) is 10.5. The molecule has 0 aromatic heterocycles. The van der Waals surface area contributed by atoms with Crippen molar-refractivity contribution in [1.29, 1.82) is 0 Å². The van der Waals surface area contributed by atoms with Crippen LogP contribution >= 0.6 is 0 Å². The molecule has 0 unspecified atom stereocenters. The lowest BCUT2D eigenvalue weighted by Crippen LogP contribution is -2.50. The van der Waals surface area contributed by atoms with Crippen molar-refractivity contribution in [2.45, 2.75) is 64.5 Å². The zero-order chi connectivity index (χ0) is 35.3. The summed E-state index contributed by atoms with van der Waals surface area (Å²) in [6, 6.07) is 10.9. The molecule has 1 fully saturated rings. The number of hydrogen-bond donors (Lipinski definition) is 3. The summed E-state index contributed by atoms with van der Waals surface area (Å²) < 4.78 is 5.70. The Bertz CT molecular complexity index is 1790. The van der Waals surface area contributed by atoms with Gasteiger partial charge in [-0.3, -0.25) is 14.4 Å². The third-order valence-corrected chi connectivity index (χ3v) is 8.07. The van der Waals surface area contributed by atoms with Gasteiger partial charge in [0.05, 0.1) is 6.42 Å². The maximum Gasteiger partial charge on any atom is 0.410 e. The highest BCUT2D eigenvalue weighted by Gasteiger charge is 2.33. The third-order valence-electron chi connectivity index (χ3n) is 8.07. The van der Waals surface area contributed by atoms with Gasteiger partial charge in [0.25, 0.3) is 11.8 Å². The van der Waals surface area contributed by atoms with Crippen LogP contribution in [0.4, 0.5) is 15.3 Å². The quantitative estimate of drug-likeness (QED) is 0.201. The first-order valence-electron chi connectivity index (χ1n) is 15.8. The zero-order valence-corrected chi connectivity index (χ0v) is 27.3. The van der Waals surface area contributed by atoms with Gasteiger partial charge in [0.2, 0.25) is 0 Å². The normalized spacial score (nSPS) is 14.6. The van der Waals surface area contributed by atoms with E-state index < -0.39 is 30.0 Å². The van der Waals surface area contributed by atoms with Crippen LogP contribution in [0.2, 0.25) is 0 Å². The summed E-state index contributed by atoms with van der Waals surface area (Å²) in [6.45, 7) is 4.68. The number of para-hydroxylation sites is 1. The Kier molecular flexibility index (Phi) is 12.7. The summed E-state index contributed by atoms with van der Waals surface area (Å²) in [5, 5.41) is 21.8. The number of hydrogen-bond acceptors (Lipinski definition) is 7. The predicted molar refractivity (Wildman–Crippen MR) is 180 cm³/mol. The average molecular weight is 668 g/mol. The Morgan fingerprint density at radius 2 is 1.65 bits per heavy atom. The van der Waals surface area contributed by atoms with Crippen LogP contribution < -0.4 is 5.32 Å². The molecule has 0 bridgehead atoms. The van der Waals surface area contributed by atoms with Crippen molar-refractivity contribution in [2.75, 3.05) is 25.0 Å². The fourth-order valence-corrected chi connectivity index (χ4v) is 5.53. The highest BCUT2D eigenvalue weighted by molar-refractivity contribution is 5.91. The van der Waals surface area contributed by atoms with E-state index in [1.54, 1.807) is 26.0 Å². The number of phenolic OH excluding ortho intramolecular Hbond substituents is 1. The molecular weight excluding hydrogens is 630 g/mol. The van der Waals surface area contributed by atoms with E-state index in [-0.39, 0.29) is 37.1 Å². The van der Waals surface area contributed by atoms with Crippen molar-refractivity contribution in [1.82, 2.24) is 9.80 Å². The molecule has 13 nitrogen and oxygen atoms in total. The number of anilines is 1. The molecule has 1 saturated heterocycles. The summed E-state index contributed by atoms with van der Waals surface area (Å²) in [5.41, 5.74) is 8.70. The number of aryl methyl sites for hydroxylation is 2. The Morgan fingerprint density at radius 1 is 1.00 bits per heavy atom. The van der Waals surface area contributed by atoms with Crippen LogP contribution in [-0.2, 0) is 32.0 Å². The van der Waals surface area contributed by atoms with Crippen LogP contribution in [0.1, 0.15) is 47.9 Å². The topological polar surface area (TPSA) is 178 Å². The van der Waals surface area contributed by atoms with Crippen LogP contribution in [-0.4, -0.2) is 93.4 Å². The van der Waals surface area contributed by atoms with E-state index in [2.05, 4.69) is 38.5 Å². The molecule has 0 radical (unpaired) electrons. The first kappa shape index (κ1) is 35.9. The summed E-state index contributed by atoms with van der Waals surface area (Å²) in [4.78, 5) is 71.8. The minimum Gasteiger partial charge on any atom is -0.507 e. The Morgan fingerprint density at radius 3 is 2.33 bits per heavy atom. The number of aliphatic imine (C=N–C) groups is 2. The zero-order valence-electron chi connectivity index (χ0n) is 27.3. The van der Waals surface area contributed by atoms with Crippen LogP contribution in [0.5, 0.6) is 5.75 Å². The minimum absolute atomic E-state index is 0.00140. The number of carboxylic acid groups (broad SMARTS) is 1. The summed E-state index contributed by atoms with van der Waals surface area (Å²) in [6.07, 6.45) is 1.80. The van der Waals surface area contributed by atoms with E-state index >= 15 is 0 Å². The lowest BCUT2D eigenvalue weighted by atomic mass is 10.0. The van der Waals surface area contributed by atoms with Gasteiger partial charge in [-0.25, -0.2) is 9.59 Å². The summed E-state index contributed by atoms with van der Waals surface area (Å²) in [7, 11) is 0.